The van der Waals surface area contributed by atoms with Gasteiger partial charge in [0.15, 0.2) is 0 Å². The summed E-state index contributed by atoms with van der Waals surface area (Å²) in [5.41, 5.74) is 0. The van der Waals surface area contributed by atoms with Gasteiger partial charge in [0.2, 0.25) is 11.8 Å². The molecule has 1 aliphatic carbocycles. The van der Waals surface area contributed by atoms with Crippen LogP contribution in [0.3, 0.4) is 0 Å². The van der Waals surface area contributed by atoms with Crippen molar-refractivity contribution in [2.24, 2.45) is 11.8 Å². The zero-order valence-electron chi connectivity index (χ0n) is 13.6. The summed E-state index contributed by atoms with van der Waals surface area (Å²) < 4.78 is 0. The Morgan fingerprint density at radius 3 is 2.14 bits per heavy atom. The Morgan fingerprint density at radius 2 is 1.62 bits per heavy atom. The van der Waals surface area contributed by atoms with Crippen molar-refractivity contribution in [2.75, 3.05) is 13.1 Å². The Bertz CT molecular complexity index is 352. The van der Waals surface area contributed by atoms with Crippen LogP contribution in [0.4, 0.5) is 0 Å². The average Bonchev–Trinajstić information content (AvgIpc) is 3.01. The molecule has 4 heteroatoms. The molecule has 2 rings (SSSR count). The number of carbonyl (C=O) groups is 2. The van der Waals surface area contributed by atoms with Gasteiger partial charge in [-0.2, -0.15) is 0 Å². The number of likely N-dealkylation sites (tertiary alicyclic amines) is 1. The fourth-order valence-electron chi connectivity index (χ4n) is 3.65. The van der Waals surface area contributed by atoms with Crippen molar-refractivity contribution >= 4 is 11.8 Å². The molecule has 0 aromatic rings. The minimum absolute atomic E-state index is 0.108. The molecule has 1 N–H and O–H groups in total. The second-order valence-corrected chi connectivity index (χ2v) is 6.60. The van der Waals surface area contributed by atoms with Crippen LogP contribution in [-0.2, 0) is 9.59 Å². The van der Waals surface area contributed by atoms with Crippen molar-refractivity contribution in [3.63, 3.8) is 0 Å². The molecule has 120 valence electrons. The lowest BCUT2D eigenvalue weighted by Crippen LogP contribution is -2.46. The van der Waals surface area contributed by atoms with Crippen molar-refractivity contribution in [2.45, 2.75) is 71.3 Å². The Morgan fingerprint density at radius 1 is 1.05 bits per heavy atom. The van der Waals surface area contributed by atoms with E-state index in [1.54, 1.807) is 0 Å². The van der Waals surface area contributed by atoms with Gasteiger partial charge in [0.05, 0.1) is 0 Å². The topological polar surface area (TPSA) is 49.4 Å². The van der Waals surface area contributed by atoms with Gasteiger partial charge < -0.3 is 10.2 Å². The molecular formula is C17H30N2O2. The van der Waals surface area contributed by atoms with Gasteiger partial charge in [0.25, 0.3) is 0 Å². The molecule has 21 heavy (non-hydrogen) atoms. The lowest BCUT2D eigenvalue weighted by Gasteiger charge is -2.33. The summed E-state index contributed by atoms with van der Waals surface area (Å²) in [6.07, 6.45) is 8.24. The largest absolute Gasteiger partial charge is 0.353 e. The van der Waals surface area contributed by atoms with Crippen LogP contribution in [0.25, 0.3) is 0 Å². The predicted octanol–water partition coefficient (Wildman–Crippen LogP) is 2.72. The molecule has 0 aromatic carbocycles. The maximum atomic E-state index is 12.3. The third-order valence-electron chi connectivity index (χ3n) is 5.21. The van der Waals surface area contributed by atoms with E-state index >= 15 is 0 Å². The Hall–Kier alpha value is -1.06. The Labute approximate surface area is 128 Å². The monoisotopic (exact) mass is 294 g/mol. The average molecular weight is 294 g/mol. The molecule has 0 bridgehead atoms. The number of carbonyl (C=O) groups excluding carboxylic acids is 2. The maximum Gasteiger partial charge on any atom is 0.225 e. The van der Waals surface area contributed by atoms with Crippen LogP contribution < -0.4 is 5.32 Å². The van der Waals surface area contributed by atoms with E-state index in [0.29, 0.717) is 6.04 Å². The summed E-state index contributed by atoms with van der Waals surface area (Å²) >= 11 is 0. The Kier molecular flexibility index (Phi) is 6.07. The summed E-state index contributed by atoms with van der Waals surface area (Å²) in [6, 6.07) is 0.404. The van der Waals surface area contributed by atoms with Gasteiger partial charge in [-0.15, -0.1) is 0 Å². The van der Waals surface area contributed by atoms with Crippen LogP contribution in [0.2, 0.25) is 0 Å². The molecule has 0 aromatic heterocycles. The van der Waals surface area contributed by atoms with Crippen molar-refractivity contribution in [3.05, 3.63) is 0 Å². The molecule has 1 saturated heterocycles. The smallest absolute Gasteiger partial charge is 0.225 e. The number of hydrogen-bond donors (Lipinski definition) is 1. The zero-order chi connectivity index (χ0) is 15.2. The fourth-order valence-corrected chi connectivity index (χ4v) is 3.65. The minimum atomic E-state index is 0.108. The van der Waals surface area contributed by atoms with Crippen LogP contribution in [0.15, 0.2) is 0 Å². The molecule has 2 fully saturated rings. The summed E-state index contributed by atoms with van der Waals surface area (Å²) in [4.78, 5) is 26.6. The summed E-state index contributed by atoms with van der Waals surface area (Å²) in [5.74, 6) is 0.774. The molecule has 1 aliphatic heterocycles. The highest BCUT2D eigenvalue weighted by atomic mass is 16.2. The van der Waals surface area contributed by atoms with Crippen molar-refractivity contribution < 1.29 is 9.59 Å². The first-order valence-corrected chi connectivity index (χ1v) is 8.74. The van der Waals surface area contributed by atoms with E-state index in [9.17, 15) is 9.59 Å². The van der Waals surface area contributed by atoms with Gasteiger partial charge in [-0.25, -0.2) is 0 Å². The third-order valence-corrected chi connectivity index (χ3v) is 5.21. The highest BCUT2D eigenvalue weighted by molar-refractivity contribution is 5.81. The predicted molar refractivity (Wildman–Crippen MR) is 83.8 cm³/mol. The first kappa shape index (κ1) is 16.3. The first-order chi connectivity index (χ1) is 10.2. The second kappa shape index (κ2) is 7.81. The van der Waals surface area contributed by atoms with E-state index < -0.39 is 0 Å². The van der Waals surface area contributed by atoms with E-state index in [2.05, 4.69) is 19.2 Å². The maximum absolute atomic E-state index is 12.3. The van der Waals surface area contributed by atoms with E-state index in [0.717, 1.165) is 51.6 Å². The first-order valence-electron chi connectivity index (χ1n) is 8.74. The van der Waals surface area contributed by atoms with Crippen molar-refractivity contribution in [1.29, 1.82) is 0 Å². The number of nitrogens with one attached hydrogen (secondary N) is 1. The molecule has 4 nitrogen and oxygen atoms in total. The van der Waals surface area contributed by atoms with Crippen molar-refractivity contribution in [1.82, 2.24) is 10.2 Å². The van der Waals surface area contributed by atoms with Crippen LogP contribution in [0, 0.1) is 11.8 Å². The summed E-state index contributed by atoms with van der Waals surface area (Å²) in [7, 11) is 0. The summed E-state index contributed by atoms with van der Waals surface area (Å²) in [6.45, 7) is 5.65. The van der Waals surface area contributed by atoms with E-state index in [1.807, 2.05) is 4.90 Å². The molecule has 0 radical (unpaired) electrons. The van der Waals surface area contributed by atoms with E-state index in [4.69, 9.17) is 0 Å². The van der Waals surface area contributed by atoms with Gasteiger partial charge in [0, 0.05) is 31.0 Å². The van der Waals surface area contributed by atoms with E-state index in [1.165, 1.54) is 12.8 Å². The van der Waals surface area contributed by atoms with Gasteiger partial charge in [-0.1, -0.05) is 26.7 Å². The molecule has 0 spiro atoms. The second-order valence-electron chi connectivity index (χ2n) is 6.60. The van der Waals surface area contributed by atoms with Gasteiger partial charge in [-0.05, 0) is 38.5 Å². The van der Waals surface area contributed by atoms with Gasteiger partial charge >= 0.3 is 0 Å². The zero-order valence-corrected chi connectivity index (χ0v) is 13.6. The SMILES string of the molecule is CCC(CC)C(=O)N1CCC(C(=O)NC2CCCC2)CC1. The van der Waals surface area contributed by atoms with Crippen LogP contribution in [0.1, 0.15) is 65.2 Å². The number of rotatable bonds is 5. The molecule has 1 heterocycles. The third kappa shape index (κ3) is 4.21. The standard InChI is InChI=1S/C17H30N2O2/c1-3-13(4-2)17(21)19-11-9-14(10-12-19)16(20)18-15-7-5-6-8-15/h13-15H,3-12H2,1-2H3,(H,18,20). The van der Waals surface area contributed by atoms with Crippen molar-refractivity contribution in [3.8, 4) is 0 Å². The minimum Gasteiger partial charge on any atom is -0.353 e. The van der Waals surface area contributed by atoms with E-state index in [-0.39, 0.29) is 23.7 Å². The van der Waals surface area contributed by atoms with Crippen LogP contribution in [0.5, 0.6) is 0 Å². The quantitative estimate of drug-likeness (QED) is 0.847. The molecular weight excluding hydrogens is 264 g/mol. The Balaban J connectivity index is 1.77. The fraction of sp³-hybridized carbons (Fsp3) is 0.882. The summed E-state index contributed by atoms with van der Waals surface area (Å²) in [5, 5.41) is 3.20. The number of piperidine rings is 1. The van der Waals surface area contributed by atoms with Gasteiger partial charge in [0.1, 0.15) is 0 Å². The lowest BCUT2D eigenvalue weighted by molar-refractivity contribution is -0.139. The van der Waals surface area contributed by atoms with Crippen LogP contribution >= 0.6 is 0 Å². The molecule has 1 saturated carbocycles. The number of hydrogen-bond acceptors (Lipinski definition) is 2. The highest BCUT2D eigenvalue weighted by Crippen LogP contribution is 2.23. The lowest BCUT2D eigenvalue weighted by atomic mass is 9.93. The van der Waals surface area contributed by atoms with Gasteiger partial charge in [-0.3, -0.25) is 9.59 Å². The molecule has 2 aliphatic rings. The number of amides is 2. The molecule has 0 atom stereocenters. The highest BCUT2D eigenvalue weighted by Gasteiger charge is 2.30. The molecule has 0 unspecified atom stereocenters. The van der Waals surface area contributed by atoms with Crippen LogP contribution in [-0.4, -0.2) is 35.8 Å². The molecule has 2 amide bonds. The number of nitrogens with zero attached hydrogens (tertiary/aromatic N) is 1. The normalized spacial score (nSPS) is 21.0.